The highest BCUT2D eigenvalue weighted by Crippen LogP contribution is 1.98. The van der Waals surface area contributed by atoms with Crippen LogP contribution in [0, 0.1) is 11.5 Å². The molecule has 0 aromatic carbocycles. The Kier molecular flexibility index (Phi) is 5.51. The van der Waals surface area contributed by atoms with Crippen molar-refractivity contribution in [1.29, 1.82) is 0 Å². The molecule has 0 aliphatic heterocycles. The van der Waals surface area contributed by atoms with Crippen LogP contribution in [0.1, 0.15) is 13.3 Å². The topological polar surface area (TPSA) is 46.5 Å². The zero-order valence-electron chi connectivity index (χ0n) is 9.26. The predicted molar refractivity (Wildman–Crippen MR) is 58.4 cm³/mol. The summed E-state index contributed by atoms with van der Waals surface area (Å²) in [6, 6.07) is 0. The molecule has 0 saturated carbocycles. The second-order valence-corrected chi connectivity index (χ2v) is 8.77. The smallest absolute Gasteiger partial charge is 0.335 e. The van der Waals surface area contributed by atoms with Crippen LogP contribution < -0.4 is 0 Å². The SMILES string of the molecule is CCOC(=O)[C@H](O)CC#C[Si](C)(C)C. The van der Waals surface area contributed by atoms with E-state index in [-0.39, 0.29) is 13.0 Å². The summed E-state index contributed by atoms with van der Waals surface area (Å²) in [5, 5.41) is 9.28. The molecule has 0 fully saturated rings. The van der Waals surface area contributed by atoms with Crippen LogP contribution in [-0.2, 0) is 9.53 Å². The fraction of sp³-hybridized carbons (Fsp3) is 0.700. The molecule has 0 bridgehead atoms. The van der Waals surface area contributed by atoms with Gasteiger partial charge < -0.3 is 9.84 Å². The van der Waals surface area contributed by atoms with Crippen molar-refractivity contribution in [2.24, 2.45) is 0 Å². The molecule has 14 heavy (non-hydrogen) atoms. The molecule has 3 nitrogen and oxygen atoms in total. The first-order chi connectivity index (χ1) is 6.37. The normalized spacial score (nSPS) is 12.6. The van der Waals surface area contributed by atoms with E-state index in [4.69, 9.17) is 0 Å². The lowest BCUT2D eigenvalue weighted by Crippen LogP contribution is -2.23. The van der Waals surface area contributed by atoms with Gasteiger partial charge in [0, 0.05) is 6.42 Å². The molecule has 0 radical (unpaired) electrons. The Morgan fingerprint density at radius 3 is 2.50 bits per heavy atom. The zero-order chi connectivity index (χ0) is 11.2. The van der Waals surface area contributed by atoms with Crippen LogP contribution in [0.3, 0.4) is 0 Å². The molecular weight excluding hydrogens is 196 g/mol. The second-order valence-electron chi connectivity index (χ2n) is 4.02. The molecule has 0 unspecified atom stereocenters. The summed E-state index contributed by atoms with van der Waals surface area (Å²) in [4.78, 5) is 11.0. The van der Waals surface area contributed by atoms with E-state index < -0.39 is 20.1 Å². The molecule has 1 atom stereocenters. The molecule has 0 aromatic rings. The maximum Gasteiger partial charge on any atom is 0.335 e. The molecule has 0 saturated heterocycles. The summed E-state index contributed by atoms with van der Waals surface area (Å²) in [5.41, 5.74) is 3.07. The van der Waals surface area contributed by atoms with Gasteiger partial charge in [-0.3, -0.25) is 0 Å². The molecule has 0 heterocycles. The van der Waals surface area contributed by atoms with E-state index in [9.17, 15) is 9.90 Å². The molecule has 0 aromatic heterocycles. The minimum atomic E-state index is -1.40. The maximum absolute atomic E-state index is 11.0. The minimum absolute atomic E-state index is 0.170. The monoisotopic (exact) mass is 214 g/mol. The van der Waals surface area contributed by atoms with Crippen LogP contribution in [0.25, 0.3) is 0 Å². The van der Waals surface area contributed by atoms with Crippen molar-refractivity contribution in [1.82, 2.24) is 0 Å². The molecule has 0 aliphatic carbocycles. The average Bonchev–Trinajstić information content (AvgIpc) is 2.02. The fourth-order valence-corrected chi connectivity index (χ4v) is 1.37. The summed E-state index contributed by atoms with van der Waals surface area (Å²) in [6.07, 6.45) is -0.929. The fourth-order valence-electron chi connectivity index (χ4n) is 0.735. The van der Waals surface area contributed by atoms with Gasteiger partial charge in [-0.2, -0.15) is 0 Å². The largest absolute Gasteiger partial charge is 0.464 e. The Labute approximate surface area is 86.5 Å². The van der Waals surface area contributed by atoms with E-state index in [1.807, 2.05) is 0 Å². The number of aliphatic hydroxyl groups is 1. The van der Waals surface area contributed by atoms with Crippen molar-refractivity contribution >= 4 is 14.0 Å². The summed E-state index contributed by atoms with van der Waals surface area (Å²) < 4.78 is 4.64. The molecule has 0 rings (SSSR count). The van der Waals surface area contributed by atoms with Crippen molar-refractivity contribution in [3.8, 4) is 11.5 Å². The third-order valence-electron chi connectivity index (χ3n) is 1.32. The lowest BCUT2D eigenvalue weighted by Gasteiger charge is -2.06. The number of esters is 1. The van der Waals surface area contributed by atoms with E-state index >= 15 is 0 Å². The van der Waals surface area contributed by atoms with Gasteiger partial charge in [0.1, 0.15) is 8.07 Å². The van der Waals surface area contributed by atoms with Crippen molar-refractivity contribution < 1.29 is 14.6 Å². The number of carbonyl (C=O) groups is 1. The number of rotatable bonds is 3. The second kappa shape index (κ2) is 5.84. The Morgan fingerprint density at radius 1 is 1.50 bits per heavy atom. The number of hydrogen-bond acceptors (Lipinski definition) is 3. The van der Waals surface area contributed by atoms with Gasteiger partial charge in [0.2, 0.25) is 0 Å². The highest BCUT2D eigenvalue weighted by atomic mass is 28.3. The highest BCUT2D eigenvalue weighted by molar-refractivity contribution is 6.83. The minimum Gasteiger partial charge on any atom is -0.464 e. The van der Waals surface area contributed by atoms with E-state index in [0.717, 1.165) is 0 Å². The molecule has 4 heteroatoms. The first-order valence-electron chi connectivity index (χ1n) is 4.71. The molecule has 1 N–H and O–H groups in total. The number of aliphatic hydroxyl groups excluding tert-OH is 1. The van der Waals surface area contributed by atoms with E-state index in [1.165, 1.54) is 0 Å². The molecular formula is C10H18O3Si. The third-order valence-corrected chi connectivity index (χ3v) is 2.24. The Balaban J connectivity index is 4.00. The van der Waals surface area contributed by atoms with Crippen LogP contribution in [0.15, 0.2) is 0 Å². The Bertz CT molecular complexity index is 244. The van der Waals surface area contributed by atoms with Crippen LogP contribution in [0.4, 0.5) is 0 Å². The summed E-state index contributed by atoms with van der Waals surface area (Å²) in [7, 11) is -1.40. The van der Waals surface area contributed by atoms with Gasteiger partial charge in [-0.1, -0.05) is 19.6 Å². The van der Waals surface area contributed by atoms with E-state index in [2.05, 4.69) is 35.8 Å². The number of ether oxygens (including phenoxy) is 1. The molecule has 80 valence electrons. The van der Waals surface area contributed by atoms with E-state index in [1.54, 1.807) is 6.92 Å². The van der Waals surface area contributed by atoms with Gasteiger partial charge in [-0.05, 0) is 6.92 Å². The van der Waals surface area contributed by atoms with Crippen molar-refractivity contribution in [3.05, 3.63) is 0 Å². The van der Waals surface area contributed by atoms with Crippen molar-refractivity contribution in [2.45, 2.75) is 39.1 Å². The standard InChI is InChI=1S/C10H18O3Si/c1-5-13-10(12)9(11)7-6-8-14(2,3)4/h9,11H,5,7H2,1-4H3/t9-/m1/s1. The Hall–Kier alpha value is -0.793. The summed E-state index contributed by atoms with van der Waals surface area (Å²) in [6.45, 7) is 8.32. The van der Waals surface area contributed by atoms with Gasteiger partial charge >= 0.3 is 5.97 Å². The van der Waals surface area contributed by atoms with Crippen molar-refractivity contribution in [3.63, 3.8) is 0 Å². The van der Waals surface area contributed by atoms with Crippen LogP contribution in [-0.4, -0.2) is 31.9 Å². The molecule has 0 spiro atoms. The van der Waals surface area contributed by atoms with Gasteiger partial charge in [-0.15, -0.1) is 11.5 Å². The van der Waals surface area contributed by atoms with Gasteiger partial charge in [0.05, 0.1) is 6.61 Å². The first kappa shape index (κ1) is 13.2. The first-order valence-corrected chi connectivity index (χ1v) is 8.21. The van der Waals surface area contributed by atoms with E-state index in [0.29, 0.717) is 0 Å². The van der Waals surface area contributed by atoms with Crippen LogP contribution in [0.5, 0.6) is 0 Å². The molecule has 0 amide bonds. The summed E-state index contributed by atoms with van der Waals surface area (Å²) in [5.74, 6) is 2.24. The Morgan fingerprint density at radius 2 is 2.07 bits per heavy atom. The lowest BCUT2D eigenvalue weighted by atomic mass is 10.3. The number of hydrogen-bond donors (Lipinski definition) is 1. The highest BCUT2D eigenvalue weighted by Gasteiger charge is 2.14. The van der Waals surface area contributed by atoms with Crippen LogP contribution >= 0.6 is 0 Å². The quantitative estimate of drug-likeness (QED) is 0.436. The van der Waals surface area contributed by atoms with Gasteiger partial charge in [0.15, 0.2) is 6.10 Å². The van der Waals surface area contributed by atoms with Gasteiger partial charge in [-0.25, -0.2) is 4.79 Å². The summed E-state index contributed by atoms with van der Waals surface area (Å²) >= 11 is 0. The predicted octanol–water partition coefficient (Wildman–Crippen LogP) is 1.18. The number of carbonyl (C=O) groups excluding carboxylic acids is 1. The zero-order valence-corrected chi connectivity index (χ0v) is 10.3. The van der Waals surface area contributed by atoms with Crippen LogP contribution in [0.2, 0.25) is 19.6 Å². The average molecular weight is 214 g/mol. The lowest BCUT2D eigenvalue weighted by molar-refractivity contribution is -0.152. The maximum atomic E-state index is 11.0. The van der Waals surface area contributed by atoms with Gasteiger partial charge in [0.25, 0.3) is 0 Å². The van der Waals surface area contributed by atoms with Crippen molar-refractivity contribution in [2.75, 3.05) is 6.61 Å². The third kappa shape index (κ3) is 6.69. The molecule has 0 aliphatic rings.